The number of sulfone groups is 1. The Morgan fingerprint density at radius 3 is 2.65 bits per heavy atom. The van der Waals surface area contributed by atoms with Crippen molar-refractivity contribution in [2.24, 2.45) is 0 Å². The van der Waals surface area contributed by atoms with Gasteiger partial charge in [0.25, 0.3) is 0 Å². The molecule has 0 bridgehead atoms. The quantitative estimate of drug-likeness (QED) is 0.751. The third kappa shape index (κ3) is 4.29. The Hall–Kier alpha value is -0.600. The lowest BCUT2D eigenvalue weighted by Gasteiger charge is -2.36. The Bertz CT molecular complexity index is 372. The number of nitriles is 1. The number of hydrogen-bond acceptors (Lipinski definition) is 4. The zero-order valence-corrected chi connectivity index (χ0v) is 11.5. The van der Waals surface area contributed by atoms with Crippen molar-refractivity contribution in [2.45, 2.75) is 50.3 Å². The van der Waals surface area contributed by atoms with E-state index in [1.807, 2.05) is 0 Å². The van der Waals surface area contributed by atoms with Crippen molar-refractivity contribution >= 4 is 9.84 Å². The van der Waals surface area contributed by atoms with E-state index in [2.05, 4.69) is 17.9 Å². The van der Waals surface area contributed by atoms with Gasteiger partial charge in [-0.2, -0.15) is 5.26 Å². The van der Waals surface area contributed by atoms with Gasteiger partial charge in [0.15, 0.2) is 0 Å². The summed E-state index contributed by atoms with van der Waals surface area (Å²) in [6.07, 6.45) is 5.43. The molecule has 1 aliphatic rings. The van der Waals surface area contributed by atoms with Crippen molar-refractivity contribution in [3.8, 4) is 6.07 Å². The summed E-state index contributed by atoms with van der Waals surface area (Å²) in [5.74, 6) is 0. The summed E-state index contributed by atoms with van der Waals surface area (Å²) >= 11 is 0. The van der Waals surface area contributed by atoms with Crippen molar-refractivity contribution in [2.75, 3.05) is 19.3 Å². The lowest BCUT2D eigenvalue weighted by atomic mass is 9.93. The molecule has 2 unspecified atom stereocenters. The van der Waals surface area contributed by atoms with Crippen molar-refractivity contribution in [3.05, 3.63) is 0 Å². The molecule has 0 heterocycles. The zero-order chi connectivity index (χ0) is 12.9. The molecular weight excluding hydrogens is 236 g/mol. The van der Waals surface area contributed by atoms with Crippen LogP contribution >= 0.6 is 0 Å². The van der Waals surface area contributed by atoms with Gasteiger partial charge in [-0.1, -0.05) is 13.3 Å². The highest BCUT2D eigenvalue weighted by Gasteiger charge is 2.31. The highest BCUT2D eigenvalue weighted by Crippen LogP contribution is 2.27. The molecule has 0 saturated heterocycles. The van der Waals surface area contributed by atoms with Crippen LogP contribution in [0.3, 0.4) is 0 Å². The Morgan fingerprint density at radius 2 is 2.12 bits per heavy atom. The van der Waals surface area contributed by atoms with Crippen molar-refractivity contribution in [1.82, 2.24) is 4.90 Å². The summed E-state index contributed by atoms with van der Waals surface area (Å²) in [5, 5.41) is 8.43. The molecule has 0 aromatic heterocycles. The summed E-state index contributed by atoms with van der Waals surface area (Å²) in [5.41, 5.74) is 0. The fourth-order valence-electron chi connectivity index (χ4n) is 2.63. The predicted octanol–water partition coefficient (Wildman–Crippen LogP) is 1.58. The maximum atomic E-state index is 11.6. The second-order valence-electron chi connectivity index (χ2n) is 4.81. The maximum Gasteiger partial charge on any atom is 0.150 e. The molecule has 98 valence electrons. The standard InChI is InChI=1S/C12H22N2O2S/c1-3-14(9-5-8-13)11-6-4-7-12(10-11)17(2,15)16/h11-12H,3-7,9-10H2,1-2H3. The first-order valence-corrected chi connectivity index (χ1v) is 8.24. The number of nitrogens with zero attached hydrogens (tertiary/aromatic N) is 2. The van der Waals surface area contributed by atoms with Gasteiger partial charge in [0.2, 0.25) is 0 Å². The molecular formula is C12H22N2O2S. The normalized spacial score (nSPS) is 25.8. The third-order valence-corrected chi connectivity index (χ3v) is 5.28. The molecule has 0 spiro atoms. The maximum absolute atomic E-state index is 11.6. The molecule has 0 aromatic carbocycles. The van der Waals surface area contributed by atoms with Crippen molar-refractivity contribution < 1.29 is 8.42 Å². The van der Waals surface area contributed by atoms with Crippen molar-refractivity contribution in [1.29, 1.82) is 5.26 Å². The zero-order valence-electron chi connectivity index (χ0n) is 10.7. The molecule has 4 nitrogen and oxygen atoms in total. The SMILES string of the molecule is CCN(CCC#N)C1CCCC(S(C)(=O)=O)C1. The van der Waals surface area contributed by atoms with E-state index in [4.69, 9.17) is 5.26 Å². The molecule has 1 saturated carbocycles. The van der Waals surface area contributed by atoms with Crippen LogP contribution in [0.15, 0.2) is 0 Å². The smallest absolute Gasteiger partial charge is 0.150 e. The summed E-state index contributed by atoms with van der Waals surface area (Å²) in [6.45, 7) is 3.72. The van der Waals surface area contributed by atoms with E-state index in [9.17, 15) is 8.42 Å². The van der Waals surface area contributed by atoms with Gasteiger partial charge in [-0.25, -0.2) is 8.42 Å². The van der Waals surface area contributed by atoms with Crippen LogP contribution in [-0.4, -0.2) is 44.0 Å². The van der Waals surface area contributed by atoms with E-state index in [0.717, 1.165) is 38.8 Å². The lowest BCUT2D eigenvalue weighted by Crippen LogP contribution is -2.42. The topological polar surface area (TPSA) is 61.2 Å². The Kier molecular flexibility index (Phi) is 5.41. The predicted molar refractivity (Wildman–Crippen MR) is 68.4 cm³/mol. The van der Waals surface area contributed by atoms with Crippen LogP contribution in [0.2, 0.25) is 0 Å². The Morgan fingerprint density at radius 1 is 1.41 bits per heavy atom. The van der Waals surface area contributed by atoms with Gasteiger partial charge in [-0.05, 0) is 25.8 Å². The van der Waals surface area contributed by atoms with E-state index >= 15 is 0 Å². The molecule has 0 aliphatic heterocycles. The van der Waals surface area contributed by atoms with Crippen LogP contribution < -0.4 is 0 Å². The first kappa shape index (κ1) is 14.5. The van der Waals surface area contributed by atoms with Crippen LogP contribution in [0.25, 0.3) is 0 Å². The summed E-state index contributed by atoms with van der Waals surface area (Å²) in [6, 6.07) is 2.49. The molecule has 2 atom stereocenters. The average Bonchev–Trinajstić information content (AvgIpc) is 2.29. The van der Waals surface area contributed by atoms with Gasteiger partial charge in [-0.15, -0.1) is 0 Å². The van der Waals surface area contributed by atoms with E-state index in [1.54, 1.807) is 0 Å². The molecule has 0 aromatic rings. The average molecular weight is 258 g/mol. The van der Waals surface area contributed by atoms with Gasteiger partial charge in [-0.3, -0.25) is 4.90 Å². The Labute approximate surface area is 105 Å². The van der Waals surface area contributed by atoms with Crippen LogP contribution in [0.4, 0.5) is 0 Å². The molecule has 17 heavy (non-hydrogen) atoms. The molecule has 1 aliphatic carbocycles. The van der Waals surface area contributed by atoms with E-state index in [1.165, 1.54) is 6.26 Å². The minimum absolute atomic E-state index is 0.183. The first-order chi connectivity index (χ1) is 7.99. The monoisotopic (exact) mass is 258 g/mol. The fraction of sp³-hybridized carbons (Fsp3) is 0.917. The van der Waals surface area contributed by atoms with Gasteiger partial charge in [0.1, 0.15) is 9.84 Å². The highest BCUT2D eigenvalue weighted by molar-refractivity contribution is 7.91. The minimum atomic E-state index is -2.91. The third-order valence-electron chi connectivity index (χ3n) is 3.64. The van der Waals surface area contributed by atoms with Crippen molar-refractivity contribution in [3.63, 3.8) is 0 Å². The first-order valence-electron chi connectivity index (χ1n) is 6.29. The molecule has 0 N–H and O–H groups in total. The van der Waals surface area contributed by atoms with E-state index in [0.29, 0.717) is 12.5 Å². The molecule has 0 radical (unpaired) electrons. The summed E-state index contributed by atoms with van der Waals surface area (Å²) < 4.78 is 23.2. The van der Waals surface area contributed by atoms with Gasteiger partial charge in [0.05, 0.1) is 11.3 Å². The highest BCUT2D eigenvalue weighted by atomic mass is 32.2. The van der Waals surface area contributed by atoms with Crippen LogP contribution in [0, 0.1) is 11.3 Å². The summed E-state index contributed by atoms with van der Waals surface area (Å²) in [7, 11) is -2.91. The second kappa shape index (κ2) is 6.36. The fourth-order valence-corrected chi connectivity index (χ4v) is 3.80. The van der Waals surface area contributed by atoms with Crippen LogP contribution in [-0.2, 0) is 9.84 Å². The lowest BCUT2D eigenvalue weighted by molar-refractivity contribution is 0.168. The summed E-state index contributed by atoms with van der Waals surface area (Å²) in [4.78, 5) is 2.25. The molecule has 1 rings (SSSR count). The van der Waals surface area contributed by atoms with Crippen LogP contribution in [0.1, 0.15) is 39.0 Å². The Balaban J connectivity index is 2.61. The van der Waals surface area contributed by atoms with Gasteiger partial charge < -0.3 is 0 Å². The van der Waals surface area contributed by atoms with Gasteiger partial charge in [0, 0.05) is 25.3 Å². The van der Waals surface area contributed by atoms with Crippen LogP contribution in [0.5, 0.6) is 0 Å². The number of hydrogen-bond donors (Lipinski definition) is 0. The van der Waals surface area contributed by atoms with E-state index < -0.39 is 9.84 Å². The molecule has 5 heteroatoms. The van der Waals surface area contributed by atoms with E-state index in [-0.39, 0.29) is 5.25 Å². The second-order valence-corrected chi connectivity index (χ2v) is 7.13. The largest absolute Gasteiger partial charge is 0.300 e. The number of rotatable bonds is 5. The molecule has 1 fully saturated rings. The minimum Gasteiger partial charge on any atom is -0.300 e. The molecule has 0 amide bonds. The van der Waals surface area contributed by atoms with Gasteiger partial charge >= 0.3 is 0 Å².